The highest BCUT2D eigenvalue weighted by Gasteiger charge is 2.28. The fourth-order valence-electron chi connectivity index (χ4n) is 1.65. The van der Waals surface area contributed by atoms with Crippen molar-refractivity contribution in [2.24, 2.45) is 0 Å². The van der Waals surface area contributed by atoms with Crippen LogP contribution in [0, 0.1) is 0 Å². The Hall–Kier alpha value is -1.35. The summed E-state index contributed by atoms with van der Waals surface area (Å²) >= 11 is 6.22. The number of alkyl halides is 1. The van der Waals surface area contributed by atoms with Crippen molar-refractivity contribution in [2.75, 3.05) is 11.9 Å². The van der Waals surface area contributed by atoms with Crippen molar-refractivity contribution >= 4 is 55.2 Å². The van der Waals surface area contributed by atoms with E-state index in [0.717, 1.165) is 0 Å². The maximum atomic E-state index is 12.4. The van der Waals surface area contributed by atoms with Crippen LogP contribution in [0.2, 0.25) is 0 Å². The first-order valence-electron chi connectivity index (χ1n) is 8.24. The van der Waals surface area contributed by atoms with Crippen molar-refractivity contribution < 1.29 is 19.1 Å². The molecule has 1 N–H and O–H groups in total. The normalized spacial score (nSPS) is 11.7. The Morgan fingerprint density at radius 1 is 1.27 bits per heavy atom. The zero-order chi connectivity index (χ0) is 20.5. The molecule has 0 amide bonds. The third kappa shape index (κ3) is 8.35. The number of rotatable bonds is 7. The van der Waals surface area contributed by atoms with E-state index in [2.05, 4.69) is 47.1 Å². The summed E-state index contributed by atoms with van der Waals surface area (Å²) in [5.41, 5.74) is -0.645. The van der Waals surface area contributed by atoms with E-state index < -0.39 is 22.2 Å². The van der Waals surface area contributed by atoms with Crippen LogP contribution < -0.4 is 5.32 Å². The van der Waals surface area contributed by atoms with Gasteiger partial charge in [-0.3, -0.25) is 14.4 Å². The summed E-state index contributed by atoms with van der Waals surface area (Å²) in [7, 11) is 0. The van der Waals surface area contributed by atoms with Crippen LogP contribution in [-0.4, -0.2) is 44.5 Å². The van der Waals surface area contributed by atoms with E-state index >= 15 is 0 Å². The Morgan fingerprint density at radius 3 is 2.35 bits per heavy atom. The molecular formula is C17H25Br2N3O4. The molecular weight excluding hydrogens is 470 g/mol. The summed E-state index contributed by atoms with van der Waals surface area (Å²) in [5.74, 6) is -1.17. The smallest absolute Gasteiger partial charge is 0.325 e. The molecule has 0 aliphatic rings. The number of anilines is 1. The van der Waals surface area contributed by atoms with Gasteiger partial charge in [0, 0.05) is 6.42 Å². The molecule has 1 atom stereocenters. The standard InChI is InChI=1S/C15H19Br2N3O4.C2H6/c1-5-8(21)11(17)13(23)12-14(18-6-9(16)20-12)19-7-10(22)24-15(2,3)4;1-2/h6,11H,5,7H2,1-4H3,(H,18,19);1-2H3. The Morgan fingerprint density at radius 2 is 1.85 bits per heavy atom. The number of esters is 1. The topological polar surface area (TPSA) is 98.3 Å². The SMILES string of the molecule is CC.CCC(=O)C(Br)C(=O)c1nc(Br)cnc1NCC(=O)OC(C)(C)C. The number of hydrogen-bond acceptors (Lipinski definition) is 7. The van der Waals surface area contributed by atoms with Crippen LogP contribution in [0.3, 0.4) is 0 Å². The first-order chi connectivity index (χ1) is 12.0. The predicted octanol–water partition coefficient (Wildman–Crippen LogP) is 3.94. The van der Waals surface area contributed by atoms with Gasteiger partial charge < -0.3 is 10.1 Å². The third-order valence-electron chi connectivity index (χ3n) is 2.66. The molecule has 1 aromatic rings. The van der Waals surface area contributed by atoms with Crippen molar-refractivity contribution in [3.63, 3.8) is 0 Å². The average molecular weight is 495 g/mol. The minimum atomic E-state index is -1.01. The third-order valence-corrected chi connectivity index (χ3v) is 3.97. The molecule has 26 heavy (non-hydrogen) atoms. The molecule has 1 rings (SSSR count). The highest BCUT2D eigenvalue weighted by molar-refractivity contribution is 9.10. The zero-order valence-electron chi connectivity index (χ0n) is 15.9. The van der Waals surface area contributed by atoms with Crippen molar-refractivity contribution in [1.82, 2.24) is 9.97 Å². The van der Waals surface area contributed by atoms with Gasteiger partial charge in [-0.25, -0.2) is 9.97 Å². The number of Topliss-reactive ketones (excluding diaryl/α,β-unsaturated/α-hetero) is 2. The molecule has 0 bridgehead atoms. The largest absolute Gasteiger partial charge is 0.459 e. The quantitative estimate of drug-likeness (QED) is 0.265. The molecule has 0 aromatic carbocycles. The molecule has 0 aliphatic heterocycles. The van der Waals surface area contributed by atoms with Gasteiger partial charge in [-0.05, 0) is 36.7 Å². The van der Waals surface area contributed by atoms with Crippen molar-refractivity contribution in [2.45, 2.75) is 58.4 Å². The number of hydrogen-bond donors (Lipinski definition) is 1. The molecule has 1 aromatic heterocycles. The van der Waals surface area contributed by atoms with Crippen LogP contribution in [0.4, 0.5) is 5.82 Å². The van der Waals surface area contributed by atoms with Crippen LogP contribution in [-0.2, 0) is 14.3 Å². The van der Waals surface area contributed by atoms with E-state index in [0.29, 0.717) is 4.60 Å². The van der Waals surface area contributed by atoms with Crippen molar-refractivity contribution in [3.8, 4) is 0 Å². The lowest BCUT2D eigenvalue weighted by Gasteiger charge is -2.20. The van der Waals surface area contributed by atoms with Crippen LogP contribution in [0.1, 0.15) is 58.5 Å². The Labute approximate surface area is 171 Å². The average Bonchev–Trinajstić information content (AvgIpc) is 2.58. The van der Waals surface area contributed by atoms with Gasteiger partial charge in [0.05, 0.1) is 6.20 Å². The van der Waals surface area contributed by atoms with E-state index in [-0.39, 0.29) is 30.3 Å². The van der Waals surface area contributed by atoms with Gasteiger partial charge in [0.15, 0.2) is 17.3 Å². The summed E-state index contributed by atoms with van der Waals surface area (Å²) in [5, 5.41) is 2.73. The lowest BCUT2D eigenvalue weighted by atomic mass is 10.1. The summed E-state index contributed by atoms with van der Waals surface area (Å²) in [6.07, 6.45) is 1.60. The lowest BCUT2D eigenvalue weighted by Crippen LogP contribution is -2.30. The number of carbonyl (C=O) groups excluding carboxylic acids is 3. The van der Waals surface area contributed by atoms with Crippen molar-refractivity contribution in [1.29, 1.82) is 0 Å². The molecule has 0 fully saturated rings. The van der Waals surface area contributed by atoms with Crippen molar-refractivity contribution in [3.05, 3.63) is 16.5 Å². The number of carbonyl (C=O) groups is 3. The number of ketones is 2. The van der Waals surface area contributed by atoms with Gasteiger partial charge in [0.25, 0.3) is 0 Å². The van der Waals surface area contributed by atoms with Gasteiger partial charge >= 0.3 is 5.97 Å². The van der Waals surface area contributed by atoms with Crippen LogP contribution in [0.5, 0.6) is 0 Å². The summed E-state index contributed by atoms with van der Waals surface area (Å²) < 4.78 is 5.52. The first-order valence-corrected chi connectivity index (χ1v) is 9.95. The van der Waals surface area contributed by atoms with Gasteiger partial charge in [0.2, 0.25) is 5.78 Å². The highest BCUT2D eigenvalue weighted by Crippen LogP contribution is 2.19. The summed E-state index contributed by atoms with van der Waals surface area (Å²) in [6.45, 7) is 10.8. The maximum Gasteiger partial charge on any atom is 0.325 e. The molecule has 0 spiro atoms. The molecule has 146 valence electrons. The molecule has 0 aliphatic carbocycles. The lowest BCUT2D eigenvalue weighted by molar-refractivity contribution is -0.152. The molecule has 1 heterocycles. The van der Waals surface area contributed by atoms with Crippen LogP contribution >= 0.6 is 31.9 Å². The molecule has 9 heteroatoms. The second kappa shape index (κ2) is 11.4. The fraction of sp³-hybridized carbons (Fsp3) is 0.588. The van der Waals surface area contributed by atoms with Crippen LogP contribution in [0.15, 0.2) is 10.8 Å². The number of halogens is 2. The van der Waals surface area contributed by atoms with Gasteiger partial charge in [-0.2, -0.15) is 0 Å². The predicted molar refractivity (Wildman–Crippen MR) is 108 cm³/mol. The summed E-state index contributed by atoms with van der Waals surface area (Å²) in [6, 6.07) is 0. The minimum Gasteiger partial charge on any atom is -0.459 e. The van der Waals surface area contributed by atoms with Crippen LogP contribution in [0.25, 0.3) is 0 Å². The molecule has 0 saturated heterocycles. The monoisotopic (exact) mass is 493 g/mol. The number of nitrogens with one attached hydrogen (secondary N) is 1. The van der Waals surface area contributed by atoms with E-state index in [1.165, 1.54) is 6.20 Å². The highest BCUT2D eigenvalue weighted by atomic mass is 79.9. The molecule has 0 saturated carbocycles. The Kier molecular flexibility index (Phi) is 10.8. The van der Waals surface area contributed by atoms with Gasteiger partial charge in [-0.1, -0.05) is 36.7 Å². The Bertz CT molecular complexity index is 645. The van der Waals surface area contributed by atoms with E-state index in [1.54, 1.807) is 27.7 Å². The first kappa shape index (κ1) is 24.7. The van der Waals surface area contributed by atoms with E-state index in [1.807, 2.05) is 13.8 Å². The van der Waals surface area contributed by atoms with E-state index in [9.17, 15) is 14.4 Å². The minimum absolute atomic E-state index is 0.0309. The number of aromatic nitrogens is 2. The fourth-order valence-corrected chi connectivity index (χ4v) is 2.47. The van der Waals surface area contributed by atoms with Gasteiger partial charge in [0.1, 0.15) is 21.6 Å². The molecule has 7 nitrogen and oxygen atoms in total. The maximum absolute atomic E-state index is 12.4. The van der Waals surface area contributed by atoms with E-state index in [4.69, 9.17) is 4.74 Å². The second-order valence-corrected chi connectivity index (χ2v) is 7.60. The van der Waals surface area contributed by atoms with Gasteiger partial charge in [-0.15, -0.1) is 0 Å². The zero-order valence-corrected chi connectivity index (χ0v) is 19.0. The second-order valence-electron chi connectivity index (χ2n) is 5.88. The number of ether oxygens (including phenoxy) is 1. The molecule has 0 radical (unpaired) electrons. The molecule has 1 unspecified atom stereocenters. The Balaban J connectivity index is 0.00000301. The summed E-state index contributed by atoms with van der Waals surface area (Å²) in [4.78, 5) is 43.1. The number of nitrogens with zero attached hydrogens (tertiary/aromatic N) is 2.